The Labute approximate surface area is 245 Å². The van der Waals surface area contributed by atoms with Gasteiger partial charge in [0.25, 0.3) is 0 Å². The molecular weight excluding hydrogens is 498 g/mol. The number of rotatable bonds is 16. The van der Waals surface area contributed by atoms with Crippen molar-refractivity contribution in [2.24, 2.45) is 40.9 Å². The first-order valence-electron chi connectivity index (χ1n) is 17.0. The lowest BCUT2D eigenvalue weighted by molar-refractivity contribution is -0.137. The third-order valence-corrected chi connectivity index (χ3v) is 11.0. The fourth-order valence-corrected chi connectivity index (χ4v) is 8.44. The van der Waals surface area contributed by atoms with Crippen LogP contribution in [0.4, 0.5) is 4.79 Å². The van der Waals surface area contributed by atoms with E-state index >= 15 is 0 Å². The normalized spacial score (nSPS) is 30.9. The zero-order chi connectivity index (χ0) is 29.1. The summed E-state index contributed by atoms with van der Waals surface area (Å²) in [6.07, 6.45) is 21.2. The molecular formula is C35H61NO4. The van der Waals surface area contributed by atoms with Crippen molar-refractivity contribution in [3.63, 3.8) is 0 Å². The van der Waals surface area contributed by atoms with Gasteiger partial charge in [-0.1, -0.05) is 84.8 Å². The average Bonchev–Trinajstić information content (AvgIpc) is 3.39. The Morgan fingerprint density at radius 1 is 1.07 bits per heavy atom. The second-order valence-corrected chi connectivity index (χ2v) is 14.3. The van der Waals surface area contributed by atoms with Crippen LogP contribution in [0.15, 0.2) is 11.6 Å². The summed E-state index contributed by atoms with van der Waals surface area (Å²) in [5.41, 5.74) is 1.80. The van der Waals surface area contributed by atoms with Gasteiger partial charge in [0.1, 0.15) is 6.10 Å². The molecule has 3 aliphatic carbocycles. The van der Waals surface area contributed by atoms with E-state index in [1.807, 2.05) is 0 Å². The molecule has 0 aromatic rings. The van der Waals surface area contributed by atoms with Crippen LogP contribution >= 0.6 is 0 Å². The van der Waals surface area contributed by atoms with Gasteiger partial charge in [0, 0.05) is 19.4 Å². The SMILES string of the molecule is CCCC[C@H]1[C@H]([C@@H]2CC[C@H]([C@H](C)CCCC(C)C)C2)CC=C2C[C@@H](OC(=O)NCCCCCC(=O)O)CC[C@@]21C. The molecule has 0 spiro atoms. The smallest absolute Gasteiger partial charge is 0.407 e. The number of aliphatic carboxylic acids is 1. The fourth-order valence-electron chi connectivity index (χ4n) is 8.44. The third kappa shape index (κ3) is 9.51. The molecule has 0 bridgehead atoms. The van der Waals surface area contributed by atoms with E-state index < -0.39 is 5.97 Å². The van der Waals surface area contributed by atoms with Crippen molar-refractivity contribution in [1.29, 1.82) is 0 Å². The number of alkyl carbamates (subject to hydrolysis) is 1. The van der Waals surface area contributed by atoms with Gasteiger partial charge in [-0.15, -0.1) is 0 Å². The minimum atomic E-state index is -0.758. The summed E-state index contributed by atoms with van der Waals surface area (Å²) in [7, 11) is 0. The zero-order valence-electron chi connectivity index (χ0n) is 26.5. The Balaban J connectivity index is 1.54. The monoisotopic (exact) mass is 559 g/mol. The minimum Gasteiger partial charge on any atom is -0.481 e. The maximum atomic E-state index is 12.5. The van der Waals surface area contributed by atoms with Crippen LogP contribution in [0.5, 0.6) is 0 Å². The van der Waals surface area contributed by atoms with Gasteiger partial charge in [-0.05, 0) is 98.7 Å². The largest absolute Gasteiger partial charge is 0.481 e. The molecule has 0 aromatic heterocycles. The zero-order valence-corrected chi connectivity index (χ0v) is 26.5. The summed E-state index contributed by atoms with van der Waals surface area (Å²) in [5.74, 6) is 4.30. The van der Waals surface area contributed by atoms with Crippen molar-refractivity contribution >= 4 is 12.1 Å². The Kier molecular flexibility index (Phi) is 13.4. The number of hydrogen-bond acceptors (Lipinski definition) is 3. The Morgan fingerprint density at radius 2 is 1.88 bits per heavy atom. The molecule has 0 unspecified atom stereocenters. The fraction of sp³-hybridized carbons (Fsp3) is 0.886. The third-order valence-electron chi connectivity index (χ3n) is 11.0. The standard InChI is InChI=1S/C35H61NO4/c1-6-7-14-32-31(28-17-16-27(23-28)26(4)13-11-12-25(2)3)19-18-29-24-30(20-21-35(29,32)5)40-34(39)36-22-10-8-9-15-33(37)38/h18,25-28,30-32H,6-17,19-24H2,1-5H3,(H,36,39)(H,37,38)/t26-,27+,28-,30+,31+,32+,35+/m1/s1. The first kappa shape index (κ1) is 33.0. The predicted octanol–water partition coefficient (Wildman–Crippen LogP) is 9.55. The topological polar surface area (TPSA) is 75.6 Å². The maximum Gasteiger partial charge on any atom is 0.407 e. The highest BCUT2D eigenvalue weighted by Crippen LogP contribution is 2.58. The molecule has 3 rings (SSSR count). The van der Waals surface area contributed by atoms with Crippen LogP contribution in [-0.4, -0.2) is 29.8 Å². The van der Waals surface area contributed by atoms with Crippen molar-refractivity contribution in [3.05, 3.63) is 11.6 Å². The number of carbonyl (C=O) groups is 2. The van der Waals surface area contributed by atoms with Gasteiger partial charge in [-0.2, -0.15) is 0 Å². The van der Waals surface area contributed by atoms with Crippen LogP contribution in [0.25, 0.3) is 0 Å². The lowest BCUT2D eigenvalue weighted by Crippen LogP contribution is -2.45. The van der Waals surface area contributed by atoms with E-state index in [9.17, 15) is 9.59 Å². The lowest BCUT2D eigenvalue weighted by Gasteiger charge is -2.52. The van der Waals surface area contributed by atoms with Gasteiger partial charge < -0.3 is 15.2 Å². The molecule has 0 saturated heterocycles. The van der Waals surface area contributed by atoms with Gasteiger partial charge >= 0.3 is 12.1 Å². The molecule has 230 valence electrons. The number of nitrogens with one attached hydrogen (secondary N) is 1. The number of carboxylic acid groups (broad SMARTS) is 1. The average molecular weight is 560 g/mol. The number of fused-ring (bicyclic) bond motifs is 1. The van der Waals surface area contributed by atoms with Crippen LogP contribution < -0.4 is 5.32 Å². The van der Waals surface area contributed by atoms with Gasteiger partial charge in [0.2, 0.25) is 0 Å². The van der Waals surface area contributed by atoms with E-state index in [-0.39, 0.29) is 24.0 Å². The molecule has 0 aliphatic heterocycles. The van der Waals surface area contributed by atoms with Crippen LogP contribution in [0, 0.1) is 40.9 Å². The molecule has 2 fully saturated rings. The maximum absolute atomic E-state index is 12.5. The van der Waals surface area contributed by atoms with E-state index in [1.54, 1.807) is 5.57 Å². The highest BCUT2D eigenvalue weighted by Gasteiger charge is 2.49. The minimum absolute atomic E-state index is 0.0303. The summed E-state index contributed by atoms with van der Waals surface area (Å²) >= 11 is 0. The molecule has 0 aromatic carbocycles. The van der Waals surface area contributed by atoms with Crippen LogP contribution in [0.2, 0.25) is 0 Å². The molecule has 0 radical (unpaired) electrons. The highest BCUT2D eigenvalue weighted by molar-refractivity contribution is 5.67. The Hall–Kier alpha value is -1.52. The summed E-state index contributed by atoms with van der Waals surface area (Å²) in [6, 6.07) is 0. The van der Waals surface area contributed by atoms with Gasteiger partial charge in [-0.25, -0.2) is 4.79 Å². The molecule has 1 amide bonds. The number of unbranched alkanes of at least 4 members (excludes halogenated alkanes) is 3. The van der Waals surface area contributed by atoms with Gasteiger partial charge in [-0.3, -0.25) is 4.79 Å². The molecule has 40 heavy (non-hydrogen) atoms. The molecule has 0 heterocycles. The van der Waals surface area contributed by atoms with Crippen LogP contribution in [0.1, 0.15) is 144 Å². The Bertz CT molecular complexity index is 822. The number of carboxylic acids is 1. The van der Waals surface area contributed by atoms with E-state index in [0.29, 0.717) is 13.0 Å². The number of amides is 1. The van der Waals surface area contributed by atoms with E-state index in [4.69, 9.17) is 9.84 Å². The van der Waals surface area contributed by atoms with Gasteiger partial charge in [0.05, 0.1) is 0 Å². The van der Waals surface area contributed by atoms with Crippen molar-refractivity contribution in [3.8, 4) is 0 Å². The van der Waals surface area contributed by atoms with E-state index in [2.05, 4.69) is 46.0 Å². The van der Waals surface area contributed by atoms with Crippen molar-refractivity contribution in [2.45, 2.75) is 150 Å². The number of carbonyl (C=O) groups excluding carboxylic acids is 1. The number of allylic oxidation sites excluding steroid dienone is 1. The van der Waals surface area contributed by atoms with Gasteiger partial charge in [0.15, 0.2) is 0 Å². The lowest BCUT2D eigenvalue weighted by atomic mass is 9.53. The molecule has 3 aliphatic rings. The second kappa shape index (κ2) is 16.2. The quantitative estimate of drug-likeness (QED) is 0.146. The predicted molar refractivity (Wildman–Crippen MR) is 164 cm³/mol. The first-order valence-corrected chi connectivity index (χ1v) is 17.0. The number of hydrogen-bond donors (Lipinski definition) is 2. The summed E-state index contributed by atoms with van der Waals surface area (Å²) in [6.45, 7) is 12.6. The molecule has 5 nitrogen and oxygen atoms in total. The van der Waals surface area contributed by atoms with Crippen molar-refractivity contribution in [2.75, 3.05) is 6.54 Å². The second-order valence-electron chi connectivity index (χ2n) is 14.3. The van der Waals surface area contributed by atoms with Crippen molar-refractivity contribution in [1.82, 2.24) is 5.32 Å². The van der Waals surface area contributed by atoms with Crippen LogP contribution in [-0.2, 0) is 9.53 Å². The molecule has 2 N–H and O–H groups in total. The highest BCUT2D eigenvalue weighted by atomic mass is 16.6. The van der Waals surface area contributed by atoms with E-state index in [1.165, 1.54) is 64.2 Å². The molecule has 7 atom stereocenters. The van der Waals surface area contributed by atoms with Crippen LogP contribution in [0.3, 0.4) is 0 Å². The summed E-state index contributed by atoms with van der Waals surface area (Å²) in [4.78, 5) is 23.1. The van der Waals surface area contributed by atoms with Crippen molar-refractivity contribution < 1.29 is 19.4 Å². The number of ether oxygens (including phenoxy) is 1. The molecule has 2 saturated carbocycles. The summed E-state index contributed by atoms with van der Waals surface area (Å²) < 4.78 is 5.88. The molecule has 5 heteroatoms. The first-order chi connectivity index (χ1) is 19.1. The Morgan fingerprint density at radius 3 is 2.60 bits per heavy atom. The van der Waals surface area contributed by atoms with E-state index in [0.717, 1.165) is 67.6 Å². The summed E-state index contributed by atoms with van der Waals surface area (Å²) in [5, 5.41) is 11.6.